The molecule has 188 valence electrons. The zero-order chi connectivity index (χ0) is 25.2. The van der Waals surface area contributed by atoms with Crippen LogP contribution in [0.3, 0.4) is 0 Å². The first kappa shape index (κ1) is 25.4. The fourth-order valence-corrected chi connectivity index (χ4v) is 3.75. The van der Waals surface area contributed by atoms with E-state index in [0.29, 0.717) is 29.0 Å². The van der Waals surface area contributed by atoms with E-state index in [2.05, 4.69) is 26.7 Å². The molecule has 1 heterocycles. The highest BCUT2D eigenvalue weighted by molar-refractivity contribution is 5.80. The number of aliphatic hydroxyl groups excluding tert-OH is 1. The first-order valence-electron chi connectivity index (χ1n) is 12.1. The number of H-pyrrole nitrogens is 1. The number of nitrogens with one attached hydrogen (secondary N) is 3. The summed E-state index contributed by atoms with van der Waals surface area (Å²) in [6, 6.07) is 23.2. The normalized spacial score (nSPS) is 11.9. The molecule has 0 aliphatic heterocycles. The molecule has 8 heteroatoms. The van der Waals surface area contributed by atoms with Gasteiger partial charge in [-0.25, -0.2) is 4.98 Å². The third-order valence-corrected chi connectivity index (χ3v) is 5.66. The molecule has 0 spiro atoms. The second-order valence-corrected chi connectivity index (χ2v) is 8.50. The molecule has 8 nitrogen and oxygen atoms in total. The average molecular weight is 489 g/mol. The predicted molar refractivity (Wildman–Crippen MR) is 141 cm³/mol. The van der Waals surface area contributed by atoms with Gasteiger partial charge in [0.1, 0.15) is 41.2 Å². The number of nitrogens with zero attached hydrogens (tertiary/aromatic N) is 1. The zero-order valence-electron chi connectivity index (χ0n) is 20.4. The van der Waals surface area contributed by atoms with Crippen LogP contribution in [0.5, 0.6) is 17.2 Å². The van der Waals surface area contributed by atoms with Crippen LogP contribution in [-0.2, 0) is 6.42 Å². The van der Waals surface area contributed by atoms with Gasteiger partial charge in [-0.1, -0.05) is 42.5 Å². The predicted octanol–water partition coefficient (Wildman–Crippen LogP) is 3.19. The zero-order valence-corrected chi connectivity index (χ0v) is 20.4. The fourth-order valence-electron chi connectivity index (χ4n) is 3.75. The van der Waals surface area contributed by atoms with E-state index in [1.54, 1.807) is 25.1 Å². The van der Waals surface area contributed by atoms with Crippen LogP contribution in [0.1, 0.15) is 11.3 Å². The quantitative estimate of drug-likeness (QED) is 0.214. The molecular weight excluding hydrogens is 456 g/mol. The second-order valence-electron chi connectivity index (χ2n) is 8.50. The minimum Gasteiger partial charge on any atom is -0.488 e. The van der Waals surface area contributed by atoms with Crippen molar-refractivity contribution >= 4 is 11.0 Å². The third kappa shape index (κ3) is 7.14. The van der Waals surface area contributed by atoms with E-state index >= 15 is 0 Å². The van der Waals surface area contributed by atoms with Crippen molar-refractivity contribution < 1.29 is 14.6 Å². The van der Waals surface area contributed by atoms with Gasteiger partial charge in [0.25, 0.3) is 5.56 Å². The number of hydrogen-bond donors (Lipinski definition) is 4. The van der Waals surface area contributed by atoms with E-state index in [9.17, 15) is 9.90 Å². The molecule has 0 fully saturated rings. The van der Waals surface area contributed by atoms with E-state index in [0.717, 1.165) is 43.1 Å². The molecule has 0 saturated heterocycles. The van der Waals surface area contributed by atoms with Crippen LogP contribution >= 0.6 is 0 Å². The maximum atomic E-state index is 11.8. The lowest BCUT2D eigenvalue weighted by atomic mass is 10.1. The number of fused-ring (bicyclic) bond motifs is 1. The minimum atomic E-state index is -0.675. The number of ether oxygens (including phenoxy) is 2. The van der Waals surface area contributed by atoms with Crippen molar-refractivity contribution in [3.8, 4) is 17.2 Å². The molecular formula is C28H32N4O4. The van der Waals surface area contributed by atoms with Crippen molar-refractivity contribution in [2.24, 2.45) is 0 Å². The molecule has 0 radical (unpaired) electrons. The molecule has 36 heavy (non-hydrogen) atoms. The average Bonchev–Trinajstić information content (AvgIpc) is 2.89. The van der Waals surface area contributed by atoms with Gasteiger partial charge in [0.15, 0.2) is 0 Å². The lowest BCUT2D eigenvalue weighted by Gasteiger charge is -2.15. The number of aryl methyl sites for hydroxylation is 1. The number of rotatable bonds is 13. The summed E-state index contributed by atoms with van der Waals surface area (Å²) in [5, 5.41) is 16.9. The van der Waals surface area contributed by atoms with Crippen molar-refractivity contribution in [1.29, 1.82) is 0 Å². The maximum Gasteiger partial charge on any atom is 0.269 e. The molecule has 1 aromatic heterocycles. The largest absolute Gasteiger partial charge is 0.488 e. The summed E-state index contributed by atoms with van der Waals surface area (Å²) >= 11 is 0. The number of hydrogen-bond acceptors (Lipinski definition) is 7. The lowest BCUT2D eigenvalue weighted by Crippen LogP contribution is -2.35. The minimum absolute atomic E-state index is 0.123. The highest BCUT2D eigenvalue weighted by atomic mass is 16.5. The Balaban J connectivity index is 1.14. The molecule has 0 amide bonds. The lowest BCUT2D eigenvalue weighted by molar-refractivity contribution is 0.107. The van der Waals surface area contributed by atoms with Crippen LogP contribution in [0.4, 0.5) is 0 Å². The van der Waals surface area contributed by atoms with Gasteiger partial charge in [0.05, 0.1) is 5.52 Å². The van der Waals surface area contributed by atoms with E-state index in [1.807, 2.05) is 48.5 Å². The van der Waals surface area contributed by atoms with Crippen LogP contribution in [0.2, 0.25) is 0 Å². The Bertz CT molecular complexity index is 1310. The molecule has 0 bridgehead atoms. The standard InChI is InChI=1S/C28H32N4O4/c1-20-28(34)32-24-11-7-13-26(27(24)31-20)35-19-22(33)18-30-17-16-29-15-14-21-8-5-6-12-25(21)36-23-9-3-2-4-10-23/h2-13,22,29-30,33H,14-19H2,1H3,(H,32,34). The number of aromatic nitrogens is 2. The third-order valence-electron chi connectivity index (χ3n) is 5.66. The van der Waals surface area contributed by atoms with Crippen LogP contribution in [0, 0.1) is 6.92 Å². The first-order valence-corrected chi connectivity index (χ1v) is 12.1. The molecule has 0 aliphatic rings. The van der Waals surface area contributed by atoms with Gasteiger partial charge in [-0.05, 0) is 55.8 Å². The Hall–Kier alpha value is -3.72. The molecule has 1 atom stereocenters. The van der Waals surface area contributed by atoms with Crippen LogP contribution < -0.4 is 25.7 Å². The Morgan fingerprint density at radius 3 is 2.53 bits per heavy atom. The van der Waals surface area contributed by atoms with Crippen molar-refractivity contribution in [3.63, 3.8) is 0 Å². The molecule has 0 saturated carbocycles. The topological polar surface area (TPSA) is 108 Å². The van der Waals surface area contributed by atoms with Gasteiger partial charge in [-0.2, -0.15) is 0 Å². The van der Waals surface area contributed by atoms with Crippen molar-refractivity contribution in [2.75, 3.05) is 32.8 Å². The highest BCUT2D eigenvalue weighted by Gasteiger charge is 2.10. The monoisotopic (exact) mass is 488 g/mol. The van der Waals surface area contributed by atoms with Gasteiger partial charge in [0, 0.05) is 19.6 Å². The van der Waals surface area contributed by atoms with Crippen molar-refractivity contribution in [2.45, 2.75) is 19.4 Å². The van der Waals surface area contributed by atoms with Gasteiger partial charge in [-0.15, -0.1) is 0 Å². The summed E-state index contributed by atoms with van der Waals surface area (Å²) in [6.07, 6.45) is 0.176. The van der Waals surface area contributed by atoms with Crippen molar-refractivity contribution in [3.05, 3.63) is 94.4 Å². The second kappa shape index (κ2) is 12.8. The van der Waals surface area contributed by atoms with E-state index in [-0.39, 0.29) is 12.2 Å². The number of aliphatic hydroxyl groups is 1. The Kier molecular flexibility index (Phi) is 9.04. The number of para-hydroxylation sites is 3. The molecule has 3 aromatic carbocycles. The number of aromatic amines is 1. The summed E-state index contributed by atoms with van der Waals surface area (Å²) in [5.41, 5.74) is 2.49. The maximum absolute atomic E-state index is 11.8. The fraction of sp³-hybridized carbons (Fsp3) is 0.286. The van der Waals surface area contributed by atoms with Crippen LogP contribution in [-0.4, -0.2) is 54.0 Å². The van der Waals surface area contributed by atoms with Gasteiger partial charge in [0.2, 0.25) is 0 Å². The smallest absolute Gasteiger partial charge is 0.269 e. The first-order chi connectivity index (χ1) is 17.6. The molecule has 4 rings (SSSR count). The molecule has 1 unspecified atom stereocenters. The summed E-state index contributed by atoms with van der Waals surface area (Å²) in [4.78, 5) is 18.9. The highest BCUT2D eigenvalue weighted by Crippen LogP contribution is 2.25. The molecule has 0 aliphatic carbocycles. The Morgan fingerprint density at radius 1 is 0.917 bits per heavy atom. The van der Waals surface area contributed by atoms with E-state index < -0.39 is 6.10 Å². The summed E-state index contributed by atoms with van der Waals surface area (Å²) in [7, 11) is 0. The molecule has 4 N–H and O–H groups in total. The van der Waals surface area contributed by atoms with Gasteiger partial charge < -0.3 is 30.2 Å². The summed E-state index contributed by atoms with van der Waals surface area (Å²) in [6.45, 7) is 4.49. The molecule has 4 aromatic rings. The van der Waals surface area contributed by atoms with Gasteiger partial charge >= 0.3 is 0 Å². The summed E-state index contributed by atoms with van der Waals surface area (Å²) in [5.74, 6) is 2.23. The van der Waals surface area contributed by atoms with Crippen molar-refractivity contribution in [1.82, 2.24) is 20.6 Å². The van der Waals surface area contributed by atoms with E-state index in [4.69, 9.17) is 9.47 Å². The van der Waals surface area contributed by atoms with E-state index in [1.165, 1.54) is 0 Å². The Labute approximate surface area is 210 Å². The Morgan fingerprint density at radius 2 is 1.67 bits per heavy atom. The van der Waals surface area contributed by atoms with Gasteiger partial charge in [-0.3, -0.25) is 4.79 Å². The van der Waals surface area contributed by atoms with Crippen LogP contribution in [0.25, 0.3) is 11.0 Å². The summed E-state index contributed by atoms with van der Waals surface area (Å²) < 4.78 is 11.8. The number of benzene rings is 3. The van der Waals surface area contributed by atoms with Crippen LogP contribution in [0.15, 0.2) is 77.6 Å². The SMILES string of the molecule is Cc1nc2c(OCC(O)CNCCNCCc3ccccc3Oc3ccccc3)cccc2[nH]c1=O.